The zero-order valence-electron chi connectivity index (χ0n) is 13.7. The number of benzene rings is 2. The predicted molar refractivity (Wildman–Crippen MR) is 94.4 cm³/mol. The van der Waals surface area contributed by atoms with Crippen molar-refractivity contribution in [3.8, 4) is 11.5 Å². The van der Waals surface area contributed by atoms with Gasteiger partial charge in [-0.2, -0.15) is 0 Å². The van der Waals surface area contributed by atoms with E-state index in [0.717, 1.165) is 5.69 Å². The number of nitrogens with one attached hydrogen (secondary N) is 2. The molecule has 6 nitrogen and oxygen atoms in total. The van der Waals surface area contributed by atoms with E-state index in [0.29, 0.717) is 23.3 Å². The summed E-state index contributed by atoms with van der Waals surface area (Å²) < 4.78 is 0. The zero-order chi connectivity index (χ0) is 17.5. The number of amides is 1. The number of carbonyl (C=O) groups excluding carboxylic acids is 1. The van der Waals surface area contributed by atoms with Crippen LogP contribution in [0.3, 0.4) is 0 Å². The summed E-state index contributed by atoms with van der Waals surface area (Å²) in [6.45, 7) is 3.45. The molecule has 24 heavy (non-hydrogen) atoms. The summed E-state index contributed by atoms with van der Waals surface area (Å²) in [5.41, 5.74) is 7.66. The number of hydrogen-bond donors (Lipinski definition) is 4. The van der Waals surface area contributed by atoms with Gasteiger partial charge in [-0.3, -0.25) is 20.6 Å². The van der Waals surface area contributed by atoms with Gasteiger partial charge in [0.05, 0.1) is 5.69 Å². The van der Waals surface area contributed by atoms with Crippen molar-refractivity contribution in [1.29, 1.82) is 0 Å². The molecule has 0 atom stereocenters. The lowest BCUT2D eigenvalue weighted by atomic mass is 10.0. The molecular formula is C18H21N3O3. The van der Waals surface area contributed by atoms with E-state index in [9.17, 15) is 15.0 Å². The van der Waals surface area contributed by atoms with Crippen molar-refractivity contribution in [2.45, 2.75) is 20.3 Å². The molecule has 4 N–H and O–H groups in total. The maximum atomic E-state index is 11.9. The molecule has 0 heterocycles. The average molecular weight is 327 g/mol. The first kappa shape index (κ1) is 17.3. The van der Waals surface area contributed by atoms with E-state index in [1.807, 2.05) is 37.3 Å². The average Bonchev–Trinajstić information content (AvgIpc) is 2.61. The Kier molecular flexibility index (Phi) is 5.78. The molecule has 0 spiro atoms. The highest BCUT2D eigenvalue weighted by Crippen LogP contribution is 2.30. The molecule has 6 heteroatoms. The Morgan fingerprint density at radius 2 is 1.83 bits per heavy atom. The van der Waals surface area contributed by atoms with Gasteiger partial charge in [0.1, 0.15) is 18.0 Å². The molecule has 0 aliphatic carbocycles. The summed E-state index contributed by atoms with van der Waals surface area (Å²) in [7, 11) is 0. The Morgan fingerprint density at radius 3 is 2.50 bits per heavy atom. The summed E-state index contributed by atoms with van der Waals surface area (Å²) in [5, 5.41) is 19.7. The van der Waals surface area contributed by atoms with Gasteiger partial charge in [0.25, 0.3) is 5.91 Å². The fourth-order valence-corrected chi connectivity index (χ4v) is 2.18. The van der Waals surface area contributed by atoms with Gasteiger partial charge in [-0.25, -0.2) is 0 Å². The van der Waals surface area contributed by atoms with Crippen LogP contribution in [0.15, 0.2) is 47.5 Å². The Hall–Kier alpha value is -3.02. The number of hydrogen-bond acceptors (Lipinski definition) is 5. The third kappa shape index (κ3) is 4.25. The molecule has 1 amide bonds. The van der Waals surface area contributed by atoms with Crippen molar-refractivity contribution in [2.24, 2.45) is 4.99 Å². The fraction of sp³-hybridized carbons (Fsp3) is 0.222. The summed E-state index contributed by atoms with van der Waals surface area (Å²) in [5.74, 6) is -0.283. The van der Waals surface area contributed by atoms with Gasteiger partial charge in [-0.05, 0) is 37.6 Å². The van der Waals surface area contributed by atoms with Crippen LogP contribution in [0.1, 0.15) is 24.5 Å². The standard InChI is InChI=1S/C18H21N3O3/c1-3-15(14-9-10-16(22)12(2)18(14)24)19-11-17(23)21-20-13-7-5-4-6-8-13/h4-10,20,22,24H,3,11H2,1-2H3,(H,21,23)/b19-15+. The third-order valence-corrected chi connectivity index (χ3v) is 3.58. The molecule has 0 aromatic heterocycles. The monoisotopic (exact) mass is 327 g/mol. The molecule has 0 radical (unpaired) electrons. The number of para-hydroxylation sites is 1. The zero-order valence-corrected chi connectivity index (χ0v) is 13.7. The van der Waals surface area contributed by atoms with Crippen molar-refractivity contribution in [2.75, 3.05) is 12.0 Å². The second kappa shape index (κ2) is 8.01. The van der Waals surface area contributed by atoms with Crippen molar-refractivity contribution >= 4 is 17.3 Å². The highest BCUT2D eigenvalue weighted by Gasteiger charge is 2.12. The van der Waals surface area contributed by atoms with Crippen LogP contribution in [0.2, 0.25) is 0 Å². The number of phenols is 2. The molecule has 2 aromatic rings. The van der Waals surface area contributed by atoms with E-state index >= 15 is 0 Å². The van der Waals surface area contributed by atoms with Gasteiger partial charge in [-0.15, -0.1) is 0 Å². The van der Waals surface area contributed by atoms with Crippen molar-refractivity contribution in [1.82, 2.24) is 5.43 Å². The van der Waals surface area contributed by atoms with Gasteiger partial charge >= 0.3 is 0 Å². The van der Waals surface area contributed by atoms with Crippen LogP contribution in [-0.2, 0) is 4.79 Å². The molecule has 0 aliphatic heterocycles. The lowest BCUT2D eigenvalue weighted by Gasteiger charge is -2.11. The Bertz CT molecular complexity index is 743. The number of hydrazine groups is 1. The van der Waals surface area contributed by atoms with Crippen molar-refractivity contribution in [3.63, 3.8) is 0 Å². The van der Waals surface area contributed by atoms with Crippen LogP contribution in [0.5, 0.6) is 11.5 Å². The minimum absolute atomic E-state index is 0.0154. The highest BCUT2D eigenvalue weighted by atomic mass is 16.3. The van der Waals surface area contributed by atoms with Crippen molar-refractivity contribution in [3.05, 3.63) is 53.6 Å². The lowest BCUT2D eigenvalue weighted by molar-refractivity contribution is -0.119. The highest BCUT2D eigenvalue weighted by molar-refractivity contribution is 6.04. The summed E-state index contributed by atoms with van der Waals surface area (Å²) in [4.78, 5) is 16.2. The van der Waals surface area contributed by atoms with E-state index in [1.165, 1.54) is 6.07 Å². The molecule has 126 valence electrons. The molecule has 2 aromatic carbocycles. The number of nitrogens with zero attached hydrogens (tertiary/aromatic N) is 1. The molecular weight excluding hydrogens is 306 g/mol. The summed E-state index contributed by atoms with van der Waals surface area (Å²) >= 11 is 0. The molecule has 0 saturated heterocycles. The van der Waals surface area contributed by atoms with Gasteiger partial charge in [0.2, 0.25) is 0 Å². The Morgan fingerprint density at radius 1 is 1.12 bits per heavy atom. The van der Waals surface area contributed by atoms with Gasteiger partial charge in [-0.1, -0.05) is 25.1 Å². The Balaban J connectivity index is 2.03. The van der Waals surface area contributed by atoms with E-state index in [-0.39, 0.29) is 24.0 Å². The summed E-state index contributed by atoms with van der Waals surface area (Å²) in [6.07, 6.45) is 0.553. The van der Waals surface area contributed by atoms with Gasteiger partial charge < -0.3 is 10.2 Å². The molecule has 2 rings (SSSR count). The first-order valence-corrected chi connectivity index (χ1v) is 7.68. The van der Waals surface area contributed by atoms with Gasteiger partial charge in [0.15, 0.2) is 0 Å². The van der Waals surface area contributed by atoms with E-state index in [1.54, 1.807) is 13.0 Å². The van der Waals surface area contributed by atoms with Crippen LogP contribution in [-0.4, -0.2) is 28.4 Å². The molecule has 0 aliphatic rings. The largest absolute Gasteiger partial charge is 0.508 e. The van der Waals surface area contributed by atoms with Crippen LogP contribution in [0.25, 0.3) is 0 Å². The lowest BCUT2D eigenvalue weighted by Crippen LogP contribution is -2.31. The second-order valence-electron chi connectivity index (χ2n) is 5.26. The number of rotatable bonds is 6. The third-order valence-electron chi connectivity index (χ3n) is 3.58. The van der Waals surface area contributed by atoms with Crippen molar-refractivity contribution < 1.29 is 15.0 Å². The Labute approximate surface area is 140 Å². The number of aromatic hydroxyl groups is 2. The number of phenolic OH excluding ortho intramolecular Hbond substituents is 2. The number of aliphatic imine (C=N–C) groups is 1. The molecule has 0 fully saturated rings. The number of anilines is 1. The first-order chi connectivity index (χ1) is 11.5. The van der Waals surface area contributed by atoms with Crippen LogP contribution < -0.4 is 10.9 Å². The predicted octanol–water partition coefficient (Wildman–Crippen LogP) is 2.75. The molecule has 0 unspecified atom stereocenters. The topological polar surface area (TPSA) is 94.0 Å². The SMILES string of the molecule is CC/C(=N\CC(=O)NNc1ccccc1)c1ccc(O)c(C)c1O. The van der Waals surface area contributed by atoms with Gasteiger partial charge in [0, 0.05) is 16.8 Å². The second-order valence-corrected chi connectivity index (χ2v) is 5.26. The quantitative estimate of drug-likeness (QED) is 0.485. The van der Waals surface area contributed by atoms with E-state index < -0.39 is 0 Å². The van der Waals surface area contributed by atoms with Crippen LogP contribution >= 0.6 is 0 Å². The maximum absolute atomic E-state index is 11.9. The first-order valence-electron chi connectivity index (χ1n) is 7.68. The minimum atomic E-state index is -0.292. The smallest absolute Gasteiger partial charge is 0.259 e. The fourth-order valence-electron chi connectivity index (χ4n) is 2.18. The van der Waals surface area contributed by atoms with E-state index in [2.05, 4.69) is 15.8 Å². The summed E-state index contributed by atoms with van der Waals surface area (Å²) in [6, 6.07) is 12.4. The molecule has 0 bridgehead atoms. The van der Waals surface area contributed by atoms with Crippen LogP contribution in [0.4, 0.5) is 5.69 Å². The maximum Gasteiger partial charge on any atom is 0.259 e. The number of carbonyl (C=O) groups is 1. The molecule has 0 saturated carbocycles. The normalized spacial score (nSPS) is 11.2. The van der Waals surface area contributed by atoms with Crippen LogP contribution in [0, 0.1) is 6.92 Å². The minimum Gasteiger partial charge on any atom is -0.508 e. The van der Waals surface area contributed by atoms with E-state index in [4.69, 9.17) is 0 Å².